The lowest BCUT2D eigenvalue weighted by molar-refractivity contribution is 0.0724. The van der Waals surface area contributed by atoms with Crippen LogP contribution in [0.2, 0.25) is 0 Å². The summed E-state index contributed by atoms with van der Waals surface area (Å²) in [6, 6.07) is 1.85. The molecule has 2 fully saturated rings. The minimum absolute atomic E-state index is 0.0322. The quantitative estimate of drug-likeness (QED) is 0.864. The van der Waals surface area contributed by atoms with Crippen LogP contribution < -0.4 is 0 Å². The third-order valence-electron chi connectivity index (χ3n) is 4.88. The maximum absolute atomic E-state index is 12.9. The Kier molecular flexibility index (Phi) is 3.47. The van der Waals surface area contributed by atoms with Gasteiger partial charge in [0.05, 0.1) is 11.7 Å². The summed E-state index contributed by atoms with van der Waals surface area (Å²) in [6.07, 6.45) is 4.97. The Morgan fingerprint density at radius 1 is 1.30 bits per heavy atom. The van der Waals surface area contributed by atoms with Crippen molar-refractivity contribution in [2.75, 3.05) is 6.54 Å². The number of nitrogens with zero attached hydrogens (tertiary/aromatic N) is 3. The molecular weight excluding hydrogens is 294 g/mol. The van der Waals surface area contributed by atoms with Gasteiger partial charge in [0, 0.05) is 30.5 Å². The van der Waals surface area contributed by atoms with E-state index in [1.165, 1.54) is 0 Å². The van der Waals surface area contributed by atoms with Gasteiger partial charge in [-0.25, -0.2) is 0 Å². The zero-order valence-electron chi connectivity index (χ0n) is 13.5. The van der Waals surface area contributed by atoms with E-state index in [1.807, 2.05) is 24.8 Å². The minimum atomic E-state index is -0.0502. The number of hydrogen-bond acceptors (Lipinski definition) is 5. The van der Waals surface area contributed by atoms with Crippen LogP contribution >= 0.6 is 0 Å². The van der Waals surface area contributed by atoms with E-state index >= 15 is 0 Å². The van der Waals surface area contributed by atoms with Crippen LogP contribution in [0.1, 0.15) is 77.8 Å². The second-order valence-electron chi connectivity index (χ2n) is 6.50. The number of carbonyl (C=O) groups excluding carboxylic acids is 1. The predicted molar refractivity (Wildman–Crippen MR) is 82.1 cm³/mol. The van der Waals surface area contributed by atoms with Crippen LogP contribution in [-0.4, -0.2) is 27.7 Å². The molecular formula is C17H21N3O3. The van der Waals surface area contributed by atoms with Crippen LogP contribution in [0.4, 0.5) is 0 Å². The van der Waals surface area contributed by atoms with Crippen molar-refractivity contribution >= 4 is 5.91 Å². The number of hydrogen-bond donors (Lipinski definition) is 0. The number of carbonyl (C=O) groups is 1. The number of likely N-dealkylation sites (tertiary alicyclic amines) is 1. The number of aryl methyl sites for hydroxylation is 2. The Hall–Kier alpha value is -2.11. The maximum Gasteiger partial charge on any atom is 0.276 e. The Morgan fingerprint density at radius 2 is 2.13 bits per heavy atom. The molecule has 0 bridgehead atoms. The Labute approximate surface area is 134 Å². The summed E-state index contributed by atoms with van der Waals surface area (Å²) in [5.41, 5.74) is 2.38. The van der Waals surface area contributed by atoms with Crippen molar-refractivity contribution in [1.82, 2.24) is 15.2 Å². The van der Waals surface area contributed by atoms with E-state index in [-0.39, 0.29) is 11.9 Å². The lowest BCUT2D eigenvalue weighted by Crippen LogP contribution is -2.31. The van der Waals surface area contributed by atoms with E-state index in [4.69, 9.17) is 9.05 Å². The molecule has 6 heteroatoms. The van der Waals surface area contributed by atoms with Crippen molar-refractivity contribution in [3.05, 3.63) is 34.5 Å². The van der Waals surface area contributed by atoms with E-state index in [1.54, 1.807) is 0 Å². The highest BCUT2D eigenvalue weighted by Gasteiger charge is 2.36. The molecule has 6 nitrogen and oxygen atoms in total. The molecule has 1 amide bonds. The third-order valence-corrected chi connectivity index (χ3v) is 4.88. The average Bonchev–Trinajstić information content (AvgIpc) is 2.99. The molecule has 0 aromatic carbocycles. The fraction of sp³-hybridized carbons (Fsp3) is 0.588. The molecule has 1 aliphatic carbocycles. The van der Waals surface area contributed by atoms with E-state index in [9.17, 15) is 4.79 Å². The van der Waals surface area contributed by atoms with Gasteiger partial charge in [-0.15, -0.1) is 0 Å². The molecule has 0 unspecified atom stereocenters. The summed E-state index contributed by atoms with van der Waals surface area (Å²) in [6.45, 7) is 4.73. The molecule has 1 saturated carbocycles. The van der Waals surface area contributed by atoms with Gasteiger partial charge in [-0.3, -0.25) is 4.79 Å². The highest BCUT2D eigenvalue weighted by atomic mass is 16.5. The lowest BCUT2D eigenvalue weighted by atomic mass is 10.0. The van der Waals surface area contributed by atoms with Crippen molar-refractivity contribution in [3.63, 3.8) is 0 Å². The first-order valence-corrected chi connectivity index (χ1v) is 8.41. The van der Waals surface area contributed by atoms with E-state index < -0.39 is 0 Å². The third kappa shape index (κ3) is 2.46. The van der Waals surface area contributed by atoms with Crippen molar-refractivity contribution < 1.29 is 13.8 Å². The fourth-order valence-corrected chi connectivity index (χ4v) is 3.51. The highest BCUT2D eigenvalue weighted by Crippen LogP contribution is 2.41. The SMILES string of the molecule is CCc1onc(C)c1[C@H]1CCCN1C(=O)c1cc(C2CC2)on1. The largest absolute Gasteiger partial charge is 0.361 e. The van der Waals surface area contributed by atoms with Crippen LogP contribution in [0, 0.1) is 6.92 Å². The standard InChI is InChI=1S/C17H21N3O3/c1-3-14-16(10(2)18-22-14)13-5-4-8-20(13)17(21)12-9-15(23-19-12)11-6-7-11/h9,11,13H,3-8H2,1-2H3/t13-/m1/s1. The number of amides is 1. The molecule has 122 valence electrons. The topological polar surface area (TPSA) is 72.4 Å². The average molecular weight is 315 g/mol. The van der Waals surface area contributed by atoms with Crippen LogP contribution in [0.5, 0.6) is 0 Å². The van der Waals surface area contributed by atoms with E-state index in [0.29, 0.717) is 11.6 Å². The summed E-state index contributed by atoms with van der Waals surface area (Å²) in [5.74, 6) is 2.14. The first-order valence-electron chi connectivity index (χ1n) is 8.41. The van der Waals surface area contributed by atoms with Crippen molar-refractivity contribution in [1.29, 1.82) is 0 Å². The minimum Gasteiger partial charge on any atom is -0.361 e. The highest BCUT2D eigenvalue weighted by molar-refractivity contribution is 5.92. The van der Waals surface area contributed by atoms with Gasteiger partial charge in [0.25, 0.3) is 5.91 Å². The lowest BCUT2D eigenvalue weighted by Gasteiger charge is -2.24. The summed E-state index contributed by atoms with van der Waals surface area (Å²) >= 11 is 0. The van der Waals surface area contributed by atoms with Crippen LogP contribution in [-0.2, 0) is 6.42 Å². The van der Waals surface area contributed by atoms with Crippen molar-refractivity contribution in [2.24, 2.45) is 0 Å². The summed E-state index contributed by atoms with van der Waals surface area (Å²) in [4.78, 5) is 14.8. The molecule has 2 aromatic heterocycles. The molecule has 1 atom stereocenters. The number of rotatable bonds is 4. The van der Waals surface area contributed by atoms with Crippen LogP contribution in [0.15, 0.2) is 15.1 Å². The summed E-state index contributed by atoms with van der Waals surface area (Å²) in [5, 5.41) is 8.08. The monoisotopic (exact) mass is 315 g/mol. The first kappa shape index (κ1) is 14.5. The van der Waals surface area contributed by atoms with Gasteiger partial charge >= 0.3 is 0 Å². The van der Waals surface area contributed by atoms with E-state index in [0.717, 1.165) is 61.4 Å². The summed E-state index contributed by atoms with van der Waals surface area (Å²) < 4.78 is 10.7. The fourth-order valence-electron chi connectivity index (χ4n) is 3.51. The Balaban J connectivity index is 1.61. The second kappa shape index (κ2) is 5.51. The smallest absolute Gasteiger partial charge is 0.276 e. The molecule has 1 saturated heterocycles. The molecule has 2 aromatic rings. The van der Waals surface area contributed by atoms with Crippen molar-refractivity contribution in [3.8, 4) is 0 Å². The zero-order valence-corrected chi connectivity index (χ0v) is 13.5. The van der Waals surface area contributed by atoms with E-state index in [2.05, 4.69) is 10.3 Å². The maximum atomic E-state index is 12.9. The Bertz CT molecular complexity index is 729. The van der Waals surface area contributed by atoms with Crippen LogP contribution in [0.25, 0.3) is 0 Å². The van der Waals surface area contributed by atoms with Gasteiger partial charge in [-0.2, -0.15) is 0 Å². The second-order valence-corrected chi connectivity index (χ2v) is 6.50. The van der Waals surface area contributed by atoms with Gasteiger partial charge in [0.1, 0.15) is 11.5 Å². The molecule has 23 heavy (non-hydrogen) atoms. The molecule has 0 N–H and O–H groups in total. The summed E-state index contributed by atoms with van der Waals surface area (Å²) in [7, 11) is 0. The van der Waals surface area contributed by atoms with Gasteiger partial charge in [-0.1, -0.05) is 17.2 Å². The van der Waals surface area contributed by atoms with Gasteiger partial charge in [0.15, 0.2) is 5.69 Å². The molecule has 3 heterocycles. The molecule has 4 rings (SSSR count). The zero-order chi connectivity index (χ0) is 16.0. The molecule has 2 aliphatic rings. The van der Waals surface area contributed by atoms with Crippen LogP contribution in [0.3, 0.4) is 0 Å². The van der Waals surface area contributed by atoms with Gasteiger partial charge in [-0.05, 0) is 32.6 Å². The number of aromatic nitrogens is 2. The van der Waals surface area contributed by atoms with Gasteiger partial charge in [0.2, 0.25) is 0 Å². The Morgan fingerprint density at radius 3 is 2.87 bits per heavy atom. The van der Waals surface area contributed by atoms with Crippen molar-refractivity contribution in [2.45, 2.75) is 57.9 Å². The predicted octanol–water partition coefficient (Wildman–Crippen LogP) is 3.39. The molecule has 0 spiro atoms. The molecule has 0 radical (unpaired) electrons. The first-order chi connectivity index (χ1) is 11.2. The molecule has 1 aliphatic heterocycles. The normalized spacial score (nSPS) is 21.1. The van der Waals surface area contributed by atoms with Gasteiger partial charge < -0.3 is 13.9 Å².